The van der Waals surface area contributed by atoms with Gasteiger partial charge in [-0.1, -0.05) is 17.7 Å². The maximum absolute atomic E-state index is 12.2. The molecule has 0 radical (unpaired) electrons. The minimum Gasteiger partial charge on any atom is -0.508 e. The van der Waals surface area contributed by atoms with Crippen molar-refractivity contribution in [1.82, 2.24) is 9.55 Å². The number of phenolic OH excluding ortho intramolecular Hbond substituents is 1. The maximum Gasteiger partial charge on any atom is 0.342 e. The molecule has 3 rings (SSSR count). The van der Waals surface area contributed by atoms with Crippen LogP contribution in [-0.2, 0) is 4.74 Å². The van der Waals surface area contributed by atoms with E-state index in [1.807, 2.05) is 6.92 Å². The summed E-state index contributed by atoms with van der Waals surface area (Å²) in [5.74, 6) is -0.260. The van der Waals surface area contributed by atoms with Crippen molar-refractivity contribution in [2.24, 2.45) is 0 Å². The number of rotatable bonds is 2. The smallest absolute Gasteiger partial charge is 0.342 e. The molecule has 0 fully saturated rings. The van der Waals surface area contributed by atoms with Crippen molar-refractivity contribution in [1.29, 1.82) is 0 Å². The molecule has 2 heterocycles. The van der Waals surface area contributed by atoms with Gasteiger partial charge in [0.05, 0.1) is 17.8 Å². The zero-order valence-electron chi connectivity index (χ0n) is 13.4. The molecule has 2 aromatic heterocycles. The summed E-state index contributed by atoms with van der Waals surface area (Å²) in [5, 5.41) is 10.9. The van der Waals surface area contributed by atoms with Crippen LogP contribution >= 0.6 is 11.6 Å². The lowest BCUT2D eigenvalue weighted by Gasteiger charge is -2.15. The van der Waals surface area contributed by atoms with Crippen LogP contribution in [0.25, 0.3) is 16.7 Å². The van der Waals surface area contributed by atoms with Gasteiger partial charge in [-0.05, 0) is 31.5 Å². The number of ether oxygens (including phenoxy) is 1. The number of aromatic hydroxyl groups is 1. The van der Waals surface area contributed by atoms with Crippen LogP contribution in [0, 0.1) is 13.8 Å². The Bertz CT molecular complexity index is 979. The number of fused-ring (bicyclic) bond motifs is 1. The second-order valence-corrected chi connectivity index (χ2v) is 5.92. The topological polar surface area (TPSA) is 90.4 Å². The summed E-state index contributed by atoms with van der Waals surface area (Å²) in [7, 11) is 1.29. The number of hydrogen-bond donors (Lipinski definition) is 2. The van der Waals surface area contributed by atoms with Crippen molar-refractivity contribution in [3.05, 3.63) is 46.1 Å². The summed E-state index contributed by atoms with van der Waals surface area (Å²) >= 11 is 6.03. The Morgan fingerprint density at radius 2 is 2.08 bits per heavy atom. The molecule has 24 heavy (non-hydrogen) atoms. The van der Waals surface area contributed by atoms with Crippen molar-refractivity contribution in [3.63, 3.8) is 0 Å². The standard InChI is InChI=1S/C17H16ClN3O3/c1-8-4-5-12(22)9(2)14(8)21-15(19)13(17(23)24-3)11-6-10(18)7-20-16(11)21/h4-7,22H,19H2,1-3H3. The highest BCUT2D eigenvalue weighted by molar-refractivity contribution is 6.31. The van der Waals surface area contributed by atoms with E-state index in [9.17, 15) is 9.90 Å². The molecule has 6 nitrogen and oxygen atoms in total. The Kier molecular flexibility index (Phi) is 3.85. The van der Waals surface area contributed by atoms with Gasteiger partial charge >= 0.3 is 5.97 Å². The number of anilines is 1. The number of nitrogen functional groups attached to an aromatic ring is 1. The van der Waals surface area contributed by atoms with Crippen molar-refractivity contribution in [2.75, 3.05) is 12.8 Å². The number of hydrogen-bond acceptors (Lipinski definition) is 5. The number of methoxy groups -OCH3 is 1. The average molecular weight is 346 g/mol. The third-order valence-electron chi connectivity index (χ3n) is 4.03. The zero-order chi connectivity index (χ0) is 17.6. The molecule has 0 atom stereocenters. The van der Waals surface area contributed by atoms with Crippen LogP contribution in [0.1, 0.15) is 21.5 Å². The minimum absolute atomic E-state index is 0.130. The Balaban J connectivity index is 2.49. The lowest BCUT2D eigenvalue weighted by molar-refractivity contribution is 0.0604. The van der Waals surface area contributed by atoms with E-state index in [4.69, 9.17) is 22.1 Å². The molecule has 3 aromatic rings. The highest BCUT2D eigenvalue weighted by atomic mass is 35.5. The van der Waals surface area contributed by atoms with Crippen molar-refractivity contribution in [3.8, 4) is 11.4 Å². The number of nitrogens with two attached hydrogens (primary N) is 1. The fraction of sp³-hybridized carbons (Fsp3) is 0.176. The summed E-state index contributed by atoms with van der Waals surface area (Å²) in [4.78, 5) is 16.5. The Morgan fingerprint density at radius 1 is 1.38 bits per heavy atom. The summed E-state index contributed by atoms with van der Waals surface area (Å²) < 4.78 is 6.49. The highest BCUT2D eigenvalue weighted by Gasteiger charge is 2.25. The fourth-order valence-electron chi connectivity index (χ4n) is 2.87. The Labute approximate surface area is 143 Å². The number of nitrogens with zero attached hydrogens (tertiary/aromatic N) is 2. The van der Waals surface area contributed by atoms with Gasteiger partial charge in [-0.3, -0.25) is 4.57 Å². The van der Waals surface area contributed by atoms with E-state index in [0.29, 0.717) is 27.3 Å². The van der Waals surface area contributed by atoms with Crippen LogP contribution in [-0.4, -0.2) is 27.7 Å². The molecule has 0 spiro atoms. The molecule has 0 amide bonds. The van der Waals surface area contributed by atoms with Gasteiger partial charge < -0.3 is 15.6 Å². The lowest BCUT2D eigenvalue weighted by Crippen LogP contribution is -2.09. The van der Waals surface area contributed by atoms with Gasteiger partial charge in [0, 0.05) is 17.1 Å². The van der Waals surface area contributed by atoms with Crippen LogP contribution in [0.2, 0.25) is 5.02 Å². The van der Waals surface area contributed by atoms with Crippen LogP contribution in [0.15, 0.2) is 24.4 Å². The molecule has 0 saturated heterocycles. The molecular formula is C17H16ClN3O3. The molecule has 0 aliphatic carbocycles. The third kappa shape index (κ3) is 2.27. The van der Waals surface area contributed by atoms with Crippen LogP contribution in [0.4, 0.5) is 5.82 Å². The second-order valence-electron chi connectivity index (χ2n) is 5.49. The van der Waals surface area contributed by atoms with E-state index in [1.165, 1.54) is 13.3 Å². The van der Waals surface area contributed by atoms with Crippen molar-refractivity contribution < 1.29 is 14.6 Å². The van der Waals surface area contributed by atoms with Crippen molar-refractivity contribution in [2.45, 2.75) is 13.8 Å². The largest absolute Gasteiger partial charge is 0.508 e. The lowest BCUT2D eigenvalue weighted by atomic mass is 10.1. The first-order chi connectivity index (χ1) is 11.4. The van der Waals surface area contributed by atoms with Gasteiger partial charge in [0.15, 0.2) is 0 Å². The molecule has 0 unspecified atom stereocenters. The molecular weight excluding hydrogens is 330 g/mol. The molecule has 0 bridgehead atoms. The van der Waals surface area contributed by atoms with Gasteiger partial charge in [0.2, 0.25) is 0 Å². The maximum atomic E-state index is 12.2. The van der Waals surface area contributed by atoms with Crippen LogP contribution in [0.5, 0.6) is 5.75 Å². The zero-order valence-corrected chi connectivity index (χ0v) is 14.2. The monoisotopic (exact) mass is 345 g/mol. The number of aryl methyl sites for hydroxylation is 1. The molecule has 0 saturated carbocycles. The number of aromatic nitrogens is 2. The van der Waals surface area contributed by atoms with E-state index in [-0.39, 0.29) is 17.1 Å². The number of esters is 1. The quantitative estimate of drug-likeness (QED) is 0.695. The molecule has 0 aliphatic rings. The summed E-state index contributed by atoms with van der Waals surface area (Å²) in [5.41, 5.74) is 9.10. The third-order valence-corrected chi connectivity index (χ3v) is 4.24. The summed E-state index contributed by atoms with van der Waals surface area (Å²) in [6.07, 6.45) is 1.48. The number of halogens is 1. The van der Waals surface area contributed by atoms with Gasteiger partial charge in [0.25, 0.3) is 0 Å². The SMILES string of the molecule is COC(=O)c1c(N)n(-c2c(C)ccc(O)c2C)c2ncc(Cl)cc12. The number of phenols is 1. The molecule has 3 N–H and O–H groups in total. The summed E-state index contributed by atoms with van der Waals surface area (Å²) in [6.45, 7) is 3.66. The van der Waals surface area contributed by atoms with Crippen LogP contribution in [0.3, 0.4) is 0 Å². The van der Waals surface area contributed by atoms with Gasteiger partial charge in [-0.15, -0.1) is 0 Å². The van der Waals surface area contributed by atoms with Gasteiger partial charge in [-0.2, -0.15) is 0 Å². The first kappa shape index (κ1) is 16.1. The number of benzene rings is 1. The predicted octanol–water partition coefficient (Wildman–Crippen LogP) is 3.37. The van der Waals surface area contributed by atoms with Crippen LogP contribution < -0.4 is 5.73 Å². The van der Waals surface area contributed by atoms with Gasteiger partial charge in [-0.25, -0.2) is 9.78 Å². The first-order valence-corrected chi connectivity index (χ1v) is 7.58. The fourth-order valence-corrected chi connectivity index (χ4v) is 3.03. The Morgan fingerprint density at radius 3 is 2.75 bits per heavy atom. The van der Waals surface area contributed by atoms with E-state index in [2.05, 4.69) is 4.98 Å². The molecule has 124 valence electrons. The minimum atomic E-state index is -0.573. The summed E-state index contributed by atoms with van der Waals surface area (Å²) in [6, 6.07) is 5.01. The molecule has 7 heteroatoms. The average Bonchev–Trinajstić information content (AvgIpc) is 2.82. The molecule has 1 aromatic carbocycles. The number of pyridine rings is 1. The van der Waals surface area contributed by atoms with Gasteiger partial charge in [0.1, 0.15) is 22.8 Å². The number of carbonyl (C=O) groups is 1. The Hall–Kier alpha value is -2.73. The second kappa shape index (κ2) is 5.72. The highest BCUT2D eigenvalue weighted by Crippen LogP contribution is 2.36. The predicted molar refractivity (Wildman–Crippen MR) is 93.0 cm³/mol. The normalized spacial score (nSPS) is 11.0. The first-order valence-electron chi connectivity index (χ1n) is 7.20. The van der Waals surface area contributed by atoms with E-state index in [1.54, 1.807) is 29.7 Å². The van der Waals surface area contributed by atoms with E-state index in [0.717, 1.165) is 5.56 Å². The van der Waals surface area contributed by atoms with E-state index >= 15 is 0 Å². The number of carbonyl (C=O) groups excluding carboxylic acids is 1. The van der Waals surface area contributed by atoms with Crippen molar-refractivity contribution >= 4 is 34.4 Å². The van der Waals surface area contributed by atoms with E-state index < -0.39 is 5.97 Å². The molecule has 0 aliphatic heterocycles.